The minimum Gasteiger partial charge on any atom is -0.493 e. The maximum atomic E-state index is 8.76. The Balaban J connectivity index is 2.11. The molecule has 0 N–H and O–H groups in total. The SMILES string of the molecule is N#CC=C1CCC2CC=C3OCCC3=C12. The summed E-state index contributed by atoms with van der Waals surface area (Å²) in [6.45, 7) is 0.817. The van der Waals surface area contributed by atoms with Crippen molar-refractivity contribution in [3.8, 4) is 6.07 Å². The first-order chi connectivity index (χ1) is 7.40. The zero-order chi connectivity index (χ0) is 10.3. The van der Waals surface area contributed by atoms with Crippen LogP contribution >= 0.6 is 0 Å². The van der Waals surface area contributed by atoms with Crippen LogP contribution < -0.4 is 0 Å². The molecule has 1 unspecified atom stereocenters. The quantitative estimate of drug-likeness (QED) is 0.562. The summed E-state index contributed by atoms with van der Waals surface area (Å²) in [6, 6.07) is 2.17. The summed E-state index contributed by atoms with van der Waals surface area (Å²) in [5, 5.41) is 8.76. The molecule has 1 atom stereocenters. The van der Waals surface area contributed by atoms with Gasteiger partial charge in [0.2, 0.25) is 0 Å². The highest BCUT2D eigenvalue weighted by molar-refractivity contribution is 5.52. The molecule has 1 saturated carbocycles. The van der Waals surface area contributed by atoms with Gasteiger partial charge in [0, 0.05) is 18.1 Å². The Morgan fingerprint density at radius 2 is 2.40 bits per heavy atom. The third kappa shape index (κ3) is 1.23. The van der Waals surface area contributed by atoms with Crippen LogP contribution in [0.2, 0.25) is 0 Å². The van der Waals surface area contributed by atoms with Crippen molar-refractivity contribution >= 4 is 0 Å². The van der Waals surface area contributed by atoms with Crippen molar-refractivity contribution in [2.24, 2.45) is 5.92 Å². The maximum absolute atomic E-state index is 8.76. The van der Waals surface area contributed by atoms with Crippen molar-refractivity contribution in [3.05, 3.63) is 34.6 Å². The van der Waals surface area contributed by atoms with E-state index in [4.69, 9.17) is 10.00 Å². The summed E-state index contributed by atoms with van der Waals surface area (Å²) < 4.78 is 5.58. The molecule has 0 bridgehead atoms. The Bertz CT molecular complexity index is 434. The van der Waals surface area contributed by atoms with Gasteiger partial charge in [-0.2, -0.15) is 5.26 Å². The second-order valence-corrected chi connectivity index (χ2v) is 4.33. The summed E-state index contributed by atoms with van der Waals surface area (Å²) in [7, 11) is 0. The van der Waals surface area contributed by atoms with Crippen molar-refractivity contribution < 1.29 is 4.74 Å². The number of allylic oxidation sites excluding steroid dienone is 5. The van der Waals surface area contributed by atoms with Gasteiger partial charge in [-0.15, -0.1) is 0 Å². The van der Waals surface area contributed by atoms with E-state index in [9.17, 15) is 0 Å². The van der Waals surface area contributed by atoms with Gasteiger partial charge in [0.05, 0.1) is 12.7 Å². The molecule has 0 aromatic rings. The number of hydrogen-bond acceptors (Lipinski definition) is 2. The smallest absolute Gasteiger partial charge is 0.118 e. The average molecular weight is 199 g/mol. The summed E-state index contributed by atoms with van der Waals surface area (Å²) >= 11 is 0. The van der Waals surface area contributed by atoms with Crippen LogP contribution in [0.25, 0.3) is 0 Å². The molecule has 1 heterocycles. The van der Waals surface area contributed by atoms with Crippen molar-refractivity contribution in [2.75, 3.05) is 6.61 Å². The van der Waals surface area contributed by atoms with E-state index in [0.29, 0.717) is 5.92 Å². The first-order valence-electron chi connectivity index (χ1n) is 5.55. The van der Waals surface area contributed by atoms with E-state index in [2.05, 4.69) is 12.1 Å². The molecule has 3 aliphatic rings. The van der Waals surface area contributed by atoms with Crippen LogP contribution in [0.4, 0.5) is 0 Å². The lowest BCUT2D eigenvalue weighted by Crippen LogP contribution is -2.05. The van der Waals surface area contributed by atoms with Crippen LogP contribution in [0.1, 0.15) is 25.7 Å². The van der Waals surface area contributed by atoms with Crippen molar-refractivity contribution in [2.45, 2.75) is 25.7 Å². The lowest BCUT2D eigenvalue weighted by molar-refractivity contribution is 0.263. The van der Waals surface area contributed by atoms with Gasteiger partial charge in [0.15, 0.2) is 0 Å². The highest BCUT2D eigenvalue weighted by atomic mass is 16.5. The molecular formula is C13H13NO. The number of nitriles is 1. The molecular weight excluding hydrogens is 186 g/mol. The Kier molecular flexibility index (Phi) is 1.92. The van der Waals surface area contributed by atoms with Crippen molar-refractivity contribution in [3.63, 3.8) is 0 Å². The van der Waals surface area contributed by atoms with Crippen LogP contribution in [0.15, 0.2) is 34.6 Å². The average Bonchev–Trinajstić information content (AvgIpc) is 2.83. The predicted octanol–water partition coefficient (Wildman–Crippen LogP) is 2.85. The molecule has 0 radical (unpaired) electrons. The fourth-order valence-electron chi connectivity index (χ4n) is 2.95. The summed E-state index contributed by atoms with van der Waals surface area (Å²) in [4.78, 5) is 0. The molecule has 76 valence electrons. The zero-order valence-corrected chi connectivity index (χ0v) is 8.62. The molecule has 15 heavy (non-hydrogen) atoms. The summed E-state index contributed by atoms with van der Waals surface area (Å²) in [5.41, 5.74) is 4.07. The predicted molar refractivity (Wildman–Crippen MR) is 56.7 cm³/mol. The first kappa shape index (κ1) is 8.79. The highest BCUT2D eigenvalue weighted by Gasteiger charge is 2.34. The topological polar surface area (TPSA) is 33.0 Å². The van der Waals surface area contributed by atoms with Gasteiger partial charge in [-0.25, -0.2) is 0 Å². The maximum Gasteiger partial charge on any atom is 0.118 e. The van der Waals surface area contributed by atoms with Crippen LogP contribution in [0.5, 0.6) is 0 Å². The van der Waals surface area contributed by atoms with Gasteiger partial charge < -0.3 is 4.74 Å². The Morgan fingerprint density at radius 1 is 1.47 bits per heavy atom. The van der Waals surface area contributed by atoms with E-state index in [-0.39, 0.29) is 0 Å². The number of hydrogen-bond donors (Lipinski definition) is 0. The van der Waals surface area contributed by atoms with E-state index >= 15 is 0 Å². The minimum absolute atomic E-state index is 0.657. The number of ether oxygens (including phenoxy) is 1. The van der Waals surface area contributed by atoms with Gasteiger partial charge >= 0.3 is 0 Å². The van der Waals surface area contributed by atoms with Gasteiger partial charge in [-0.3, -0.25) is 0 Å². The second-order valence-electron chi connectivity index (χ2n) is 4.33. The Morgan fingerprint density at radius 3 is 3.27 bits per heavy atom. The zero-order valence-electron chi connectivity index (χ0n) is 8.62. The number of rotatable bonds is 0. The van der Waals surface area contributed by atoms with Crippen molar-refractivity contribution in [1.82, 2.24) is 0 Å². The van der Waals surface area contributed by atoms with Crippen molar-refractivity contribution in [1.29, 1.82) is 5.26 Å². The van der Waals surface area contributed by atoms with Crippen LogP contribution in [-0.2, 0) is 4.74 Å². The largest absolute Gasteiger partial charge is 0.493 e. The first-order valence-corrected chi connectivity index (χ1v) is 5.55. The fraction of sp³-hybridized carbons (Fsp3) is 0.462. The normalized spacial score (nSPS) is 30.7. The van der Waals surface area contributed by atoms with E-state index in [1.165, 1.54) is 23.1 Å². The lowest BCUT2D eigenvalue weighted by atomic mass is 9.86. The van der Waals surface area contributed by atoms with E-state index < -0.39 is 0 Å². The monoisotopic (exact) mass is 199 g/mol. The van der Waals surface area contributed by atoms with Crippen LogP contribution in [0.3, 0.4) is 0 Å². The third-order valence-corrected chi connectivity index (χ3v) is 3.58. The van der Waals surface area contributed by atoms with Crippen LogP contribution in [0, 0.1) is 17.2 Å². The molecule has 3 rings (SSSR count). The number of fused-ring (bicyclic) bond motifs is 2. The Labute approximate surface area is 89.5 Å². The third-order valence-electron chi connectivity index (χ3n) is 3.58. The minimum atomic E-state index is 0.657. The standard InChI is InChI=1S/C13H13NO/c14-7-5-10-2-1-9-3-4-12-11(13(9)10)6-8-15-12/h4-5,9H,1-3,6,8H2. The molecule has 2 aliphatic carbocycles. The molecule has 0 amide bonds. The highest BCUT2D eigenvalue weighted by Crippen LogP contribution is 2.47. The Hall–Kier alpha value is -1.49. The van der Waals surface area contributed by atoms with E-state index in [1.54, 1.807) is 6.08 Å². The van der Waals surface area contributed by atoms with E-state index in [1.807, 2.05) is 0 Å². The van der Waals surface area contributed by atoms with Crippen LogP contribution in [-0.4, -0.2) is 6.61 Å². The van der Waals surface area contributed by atoms with Gasteiger partial charge in [-0.05, 0) is 42.4 Å². The van der Waals surface area contributed by atoms with Gasteiger partial charge in [-0.1, -0.05) is 0 Å². The molecule has 0 aromatic heterocycles. The van der Waals surface area contributed by atoms with Gasteiger partial charge in [0.1, 0.15) is 5.76 Å². The second kappa shape index (κ2) is 3.27. The van der Waals surface area contributed by atoms with Gasteiger partial charge in [0.25, 0.3) is 0 Å². The molecule has 0 aromatic carbocycles. The molecule has 2 nitrogen and oxygen atoms in total. The summed E-state index contributed by atoms with van der Waals surface area (Å²) in [6.07, 6.45) is 8.35. The number of nitrogens with zero attached hydrogens (tertiary/aromatic N) is 1. The fourth-order valence-corrected chi connectivity index (χ4v) is 2.95. The lowest BCUT2D eigenvalue weighted by Gasteiger charge is -2.18. The molecule has 1 saturated heterocycles. The molecule has 0 spiro atoms. The molecule has 1 aliphatic heterocycles. The summed E-state index contributed by atoms with van der Waals surface area (Å²) in [5.74, 6) is 1.75. The molecule has 2 fully saturated rings. The van der Waals surface area contributed by atoms with E-state index in [0.717, 1.165) is 31.6 Å². The molecule has 2 heteroatoms.